The molecule has 0 spiro atoms. The number of benzene rings is 1. The van der Waals surface area contributed by atoms with Crippen LogP contribution >= 0.6 is 0 Å². The molecule has 0 saturated heterocycles. The summed E-state index contributed by atoms with van der Waals surface area (Å²) in [6.07, 6.45) is 2.97. The molecule has 0 aliphatic rings. The van der Waals surface area contributed by atoms with Gasteiger partial charge in [-0.05, 0) is 6.07 Å². The minimum absolute atomic E-state index is 0.0998. The van der Waals surface area contributed by atoms with Crippen molar-refractivity contribution < 1.29 is 14.6 Å². The topological polar surface area (TPSA) is 90.1 Å². The average molecular weight is 284 g/mol. The summed E-state index contributed by atoms with van der Waals surface area (Å²) in [5, 5.41) is 17.6. The lowest BCUT2D eigenvalue weighted by Gasteiger charge is -2.10. The summed E-state index contributed by atoms with van der Waals surface area (Å²) in [7, 11) is 1.79. The van der Waals surface area contributed by atoms with E-state index in [0.29, 0.717) is 16.7 Å². The Kier molecular flexibility index (Phi) is 3.23. The first-order chi connectivity index (χ1) is 10.2. The summed E-state index contributed by atoms with van der Waals surface area (Å²) >= 11 is 0. The van der Waals surface area contributed by atoms with Crippen molar-refractivity contribution in [3.8, 4) is 5.75 Å². The maximum atomic E-state index is 11.5. The second kappa shape index (κ2) is 5.20. The summed E-state index contributed by atoms with van der Waals surface area (Å²) in [6.45, 7) is 0.122. The number of nitrogens with zero attached hydrogens (tertiary/aromatic N) is 4. The smallest absolute Gasteiger partial charge is 0.340 e. The number of hydrogen-bond donors (Lipinski definition) is 1. The van der Waals surface area contributed by atoms with Crippen LogP contribution in [-0.4, -0.2) is 30.8 Å². The van der Waals surface area contributed by atoms with Gasteiger partial charge in [0.05, 0.1) is 11.7 Å². The zero-order chi connectivity index (χ0) is 14.8. The molecule has 0 fully saturated rings. The molecule has 0 aliphatic carbocycles. The van der Waals surface area contributed by atoms with E-state index in [-0.39, 0.29) is 17.9 Å². The molecular weight excluding hydrogens is 272 g/mol. The van der Waals surface area contributed by atoms with Crippen molar-refractivity contribution >= 4 is 16.9 Å². The highest BCUT2D eigenvalue weighted by atomic mass is 16.5. The Balaban J connectivity index is 2.00. The van der Waals surface area contributed by atoms with Crippen LogP contribution in [0.25, 0.3) is 10.9 Å². The maximum absolute atomic E-state index is 11.5. The van der Waals surface area contributed by atoms with E-state index in [1.165, 1.54) is 6.20 Å². The molecule has 3 rings (SSSR count). The summed E-state index contributed by atoms with van der Waals surface area (Å²) < 4.78 is 7.27. The molecule has 0 saturated carbocycles. The SMILES string of the molecule is Cn1cnnc1COc1cnc2ccccc2c1C(=O)O. The van der Waals surface area contributed by atoms with Gasteiger partial charge in [0.2, 0.25) is 0 Å². The monoisotopic (exact) mass is 284 g/mol. The van der Waals surface area contributed by atoms with Gasteiger partial charge < -0.3 is 14.4 Å². The molecule has 0 atom stereocenters. The Hall–Kier alpha value is -2.96. The van der Waals surface area contributed by atoms with Crippen molar-refractivity contribution in [2.75, 3.05) is 0 Å². The van der Waals surface area contributed by atoms with Gasteiger partial charge in [-0.2, -0.15) is 0 Å². The number of carboxylic acid groups (broad SMARTS) is 1. The molecule has 7 heteroatoms. The van der Waals surface area contributed by atoms with Crippen LogP contribution in [0.2, 0.25) is 0 Å². The third kappa shape index (κ3) is 2.40. The number of carbonyl (C=O) groups is 1. The highest BCUT2D eigenvalue weighted by Crippen LogP contribution is 2.26. The van der Waals surface area contributed by atoms with Gasteiger partial charge in [0.15, 0.2) is 11.6 Å². The summed E-state index contributed by atoms with van der Waals surface area (Å²) in [5.41, 5.74) is 0.712. The molecule has 106 valence electrons. The summed E-state index contributed by atoms with van der Waals surface area (Å²) in [5.74, 6) is -0.245. The van der Waals surface area contributed by atoms with E-state index in [2.05, 4.69) is 15.2 Å². The molecule has 3 aromatic rings. The second-order valence-corrected chi connectivity index (χ2v) is 4.47. The Morgan fingerprint density at radius 1 is 1.38 bits per heavy atom. The van der Waals surface area contributed by atoms with Gasteiger partial charge in [-0.15, -0.1) is 10.2 Å². The van der Waals surface area contributed by atoms with Crippen LogP contribution in [0.5, 0.6) is 5.75 Å². The number of rotatable bonds is 4. The first kappa shape index (κ1) is 13.0. The van der Waals surface area contributed by atoms with E-state index in [1.807, 2.05) is 0 Å². The molecule has 21 heavy (non-hydrogen) atoms. The third-order valence-corrected chi connectivity index (χ3v) is 3.12. The number of hydrogen-bond acceptors (Lipinski definition) is 5. The minimum Gasteiger partial charge on any atom is -0.483 e. The average Bonchev–Trinajstić information content (AvgIpc) is 2.89. The predicted octanol–water partition coefficient (Wildman–Crippen LogP) is 1.64. The van der Waals surface area contributed by atoms with Crippen LogP contribution in [0.1, 0.15) is 16.2 Å². The Labute approximate surface area is 119 Å². The van der Waals surface area contributed by atoms with E-state index < -0.39 is 5.97 Å². The second-order valence-electron chi connectivity index (χ2n) is 4.47. The van der Waals surface area contributed by atoms with E-state index in [1.54, 1.807) is 42.2 Å². The van der Waals surface area contributed by atoms with Crippen molar-refractivity contribution in [1.82, 2.24) is 19.7 Å². The molecule has 0 unspecified atom stereocenters. The van der Waals surface area contributed by atoms with E-state index >= 15 is 0 Å². The van der Waals surface area contributed by atoms with Gasteiger partial charge in [0.1, 0.15) is 18.5 Å². The van der Waals surface area contributed by atoms with Gasteiger partial charge in [-0.3, -0.25) is 4.98 Å². The minimum atomic E-state index is -1.05. The lowest BCUT2D eigenvalue weighted by atomic mass is 10.1. The first-order valence-electron chi connectivity index (χ1n) is 6.23. The van der Waals surface area contributed by atoms with Gasteiger partial charge >= 0.3 is 5.97 Å². The van der Waals surface area contributed by atoms with Gasteiger partial charge in [-0.1, -0.05) is 18.2 Å². The number of aryl methyl sites for hydroxylation is 1. The number of fused-ring (bicyclic) bond motifs is 1. The van der Waals surface area contributed by atoms with Crippen LogP contribution in [0.15, 0.2) is 36.8 Å². The highest BCUT2D eigenvalue weighted by Gasteiger charge is 2.17. The third-order valence-electron chi connectivity index (χ3n) is 3.12. The molecule has 0 amide bonds. The maximum Gasteiger partial charge on any atom is 0.340 e. The van der Waals surface area contributed by atoms with Crippen LogP contribution in [0, 0.1) is 0 Å². The number of aromatic nitrogens is 4. The molecule has 1 N–H and O–H groups in total. The van der Waals surface area contributed by atoms with E-state index in [4.69, 9.17) is 4.74 Å². The van der Waals surface area contributed by atoms with Crippen LogP contribution in [0.3, 0.4) is 0 Å². The molecule has 1 aromatic carbocycles. The lowest BCUT2D eigenvalue weighted by Crippen LogP contribution is -2.08. The van der Waals surface area contributed by atoms with Crippen LogP contribution < -0.4 is 4.74 Å². The fourth-order valence-electron chi connectivity index (χ4n) is 2.03. The van der Waals surface area contributed by atoms with Gasteiger partial charge in [0, 0.05) is 12.4 Å². The Bertz CT molecular complexity index is 813. The number of aromatic carboxylic acids is 1. The van der Waals surface area contributed by atoms with Crippen molar-refractivity contribution in [3.63, 3.8) is 0 Å². The fourth-order valence-corrected chi connectivity index (χ4v) is 2.03. The Morgan fingerprint density at radius 2 is 2.19 bits per heavy atom. The molecule has 0 radical (unpaired) electrons. The number of ether oxygens (including phenoxy) is 1. The largest absolute Gasteiger partial charge is 0.483 e. The van der Waals surface area contributed by atoms with Gasteiger partial charge in [0.25, 0.3) is 0 Å². The predicted molar refractivity (Wildman–Crippen MR) is 74.0 cm³/mol. The van der Waals surface area contributed by atoms with Crippen LogP contribution in [0.4, 0.5) is 0 Å². The van der Waals surface area contributed by atoms with Gasteiger partial charge in [-0.25, -0.2) is 4.79 Å². The molecule has 0 aliphatic heterocycles. The van der Waals surface area contributed by atoms with E-state index in [0.717, 1.165) is 0 Å². The number of para-hydroxylation sites is 1. The van der Waals surface area contributed by atoms with Crippen LogP contribution in [-0.2, 0) is 13.7 Å². The number of pyridine rings is 1. The Morgan fingerprint density at radius 3 is 2.90 bits per heavy atom. The summed E-state index contributed by atoms with van der Waals surface area (Å²) in [6, 6.07) is 7.04. The molecule has 7 nitrogen and oxygen atoms in total. The van der Waals surface area contributed by atoms with Crippen molar-refractivity contribution in [2.24, 2.45) is 7.05 Å². The zero-order valence-electron chi connectivity index (χ0n) is 11.2. The van der Waals surface area contributed by atoms with Crippen molar-refractivity contribution in [2.45, 2.75) is 6.61 Å². The molecular formula is C14H12N4O3. The van der Waals surface area contributed by atoms with Crippen molar-refractivity contribution in [1.29, 1.82) is 0 Å². The van der Waals surface area contributed by atoms with Crippen molar-refractivity contribution in [3.05, 3.63) is 48.2 Å². The first-order valence-corrected chi connectivity index (χ1v) is 6.23. The fraction of sp³-hybridized carbons (Fsp3) is 0.143. The quantitative estimate of drug-likeness (QED) is 0.783. The standard InChI is InChI=1S/C14H12N4O3/c1-18-8-16-17-12(18)7-21-11-6-15-10-5-3-2-4-9(10)13(11)14(19)20/h2-6,8H,7H2,1H3,(H,19,20). The summed E-state index contributed by atoms with van der Waals surface area (Å²) in [4.78, 5) is 15.7. The number of carboxylic acids is 1. The zero-order valence-corrected chi connectivity index (χ0v) is 11.2. The lowest BCUT2D eigenvalue weighted by molar-refractivity contribution is 0.0693. The highest BCUT2D eigenvalue weighted by molar-refractivity contribution is 6.04. The molecule has 2 heterocycles. The molecule has 2 aromatic heterocycles. The van der Waals surface area contributed by atoms with E-state index in [9.17, 15) is 9.90 Å². The normalized spacial score (nSPS) is 10.7. The molecule has 0 bridgehead atoms.